The SMILES string of the molecule is NC(=O)CC[C@H](NC(=O)[C@@H](N)Cc1ccc(O)cc1)C(=O)N[C@@H](Cc1ccc(O)cc1)C(=O)N[C@@H](Cc1ccc(O)cc1)C(=O)N[C@@H](Cc1ccc(O)cc1)C(=O)O. The number of aromatic hydroxyl groups is 4. The van der Waals surface area contributed by atoms with Crippen LogP contribution in [0.2, 0.25) is 0 Å². The molecule has 0 aliphatic rings. The Morgan fingerprint density at radius 3 is 1.09 bits per heavy atom. The van der Waals surface area contributed by atoms with E-state index in [-0.39, 0.29) is 61.5 Å². The van der Waals surface area contributed by atoms with E-state index >= 15 is 0 Å². The molecule has 0 bridgehead atoms. The van der Waals surface area contributed by atoms with Gasteiger partial charge in [0.1, 0.15) is 47.2 Å². The summed E-state index contributed by atoms with van der Waals surface area (Å²) in [6, 6.07) is 16.2. The molecule has 4 rings (SSSR count). The molecule has 0 unspecified atom stereocenters. The van der Waals surface area contributed by atoms with E-state index in [4.69, 9.17) is 11.5 Å². The molecule has 4 aromatic rings. The highest BCUT2D eigenvalue weighted by Crippen LogP contribution is 2.16. The van der Waals surface area contributed by atoms with Gasteiger partial charge in [0.2, 0.25) is 29.5 Å². The number of nitrogens with one attached hydrogen (secondary N) is 4. The summed E-state index contributed by atoms with van der Waals surface area (Å²) in [5.41, 5.74) is 13.5. The molecule has 0 aromatic heterocycles. The number of phenols is 4. The van der Waals surface area contributed by atoms with Crippen LogP contribution < -0.4 is 32.7 Å². The molecule has 0 aliphatic carbocycles. The van der Waals surface area contributed by atoms with Gasteiger partial charge in [-0.25, -0.2) is 4.79 Å². The molecular weight excluding hydrogens is 752 g/mol. The third kappa shape index (κ3) is 13.9. The quantitative estimate of drug-likeness (QED) is 0.0579. The summed E-state index contributed by atoms with van der Waals surface area (Å²) in [4.78, 5) is 79.1. The fourth-order valence-electron chi connectivity index (χ4n) is 5.85. The van der Waals surface area contributed by atoms with E-state index in [1.165, 1.54) is 84.9 Å². The van der Waals surface area contributed by atoms with Crippen LogP contribution in [0.3, 0.4) is 0 Å². The van der Waals surface area contributed by atoms with Crippen molar-refractivity contribution < 1.29 is 54.3 Å². The van der Waals surface area contributed by atoms with Crippen molar-refractivity contribution in [3.8, 4) is 23.0 Å². The monoisotopic (exact) mass is 798 g/mol. The maximum atomic E-state index is 14.2. The van der Waals surface area contributed by atoms with Gasteiger partial charge < -0.3 is 58.3 Å². The van der Waals surface area contributed by atoms with Gasteiger partial charge >= 0.3 is 5.97 Å². The standard InChI is InChI=1S/C41H46N6O11/c42-31(19-23-1-9-27(48)10-2-23)37(53)44-32(17-18-36(43)52)38(54)45-33(20-24-3-11-28(49)12-4-24)39(55)46-34(21-25-5-13-29(50)14-6-25)40(56)47-35(41(57)58)22-26-7-15-30(51)16-8-26/h1-16,31-35,48-51H,17-22,42H2,(H2,43,52)(H,44,53)(H,45,54)(H,46,55)(H,47,56)(H,57,58)/t31-,32-,33-,34-,35-/m0/s1. The number of carbonyl (C=O) groups is 6. The zero-order chi connectivity index (χ0) is 42.4. The van der Waals surface area contributed by atoms with Crippen LogP contribution in [0.25, 0.3) is 0 Å². The van der Waals surface area contributed by atoms with Crippen molar-refractivity contribution in [3.05, 3.63) is 119 Å². The van der Waals surface area contributed by atoms with Gasteiger partial charge in [-0.2, -0.15) is 0 Å². The van der Waals surface area contributed by atoms with Crippen LogP contribution in [-0.2, 0) is 54.5 Å². The maximum Gasteiger partial charge on any atom is 0.326 e. The number of hydrogen-bond acceptors (Lipinski definition) is 11. The van der Waals surface area contributed by atoms with Crippen molar-refractivity contribution in [2.24, 2.45) is 11.5 Å². The van der Waals surface area contributed by atoms with E-state index in [1.807, 2.05) is 0 Å². The third-order valence-electron chi connectivity index (χ3n) is 9.05. The van der Waals surface area contributed by atoms with Gasteiger partial charge in [-0.3, -0.25) is 24.0 Å². The summed E-state index contributed by atoms with van der Waals surface area (Å²) < 4.78 is 0. The summed E-state index contributed by atoms with van der Waals surface area (Å²) in [5, 5.41) is 59.0. The number of phenolic OH excluding ortho intramolecular Hbond substituents is 4. The lowest BCUT2D eigenvalue weighted by Gasteiger charge is -2.27. The molecule has 0 spiro atoms. The van der Waals surface area contributed by atoms with E-state index < -0.39 is 65.7 Å². The number of carboxylic acids is 1. The Hall–Kier alpha value is -7.14. The number of nitrogens with two attached hydrogens (primary N) is 2. The van der Waals surface area contributed by atoms with Crippen LogP contribution in [0.4, 0.5) is 0 Å². The number of carbonyl (C=O) groups excluding carboxylic acids is 5. The number of benzene rings is 4. The van der Waals surface area contributed by atoms with Gasteiger partial charge in [-0.1, -0.05) is 48.5 Å². The summed E-state index contributed by atoms with van der Waals surface area (Å²) >= 11 is 0. The minimum Gasteiger partial charge on any atom is -0.508 e. The highest BCUT2D eigenvalue weighted by molar-refractivity contribution is 5.96. The number of carboxylic acid groups (broad SMARTS) is 1. The van der Waals surface area contributed by atoms with Crippen LogP contribution in [-0.4, -0.2) is 91.2 Å². The summed E-state index contributed by atoms with van der Waals surface area (Å²) in [6.07, 6.45) is -1.11. The number of aliphatic carboxylic acids is 1. The number of amides is 5. The Labute approximate surface area is 333 Å². The average molecular weight is 799 g/mol. The van der Waals surface area contributed by atoms with Crippen molar-refractivity contribution in [1.29, 1.82) is 0 Å². The molecule has 4 aromatic carbocycles. The van der Waals surface area contributed by atoms with E-state index in [9.17, 15) is 54.3 Å². The van der Waals surface area contributed by atoms with Gasteiger partial charge in [0.15, 0.2) is 0 Å². The highest BCUT2D eigenvalue weighted by Gasteiger charge is 2.32. The summed E-state index contributed by atoms with van der Waals surface area (Å²) in [7, 11) is 0. The molecule has 306 valence electrons. The van der Waals surface area contributed by atoms with Crippen molar-refractivity contribution in [2.45, 2.75) is 68.7 Å². The molecule has 0 saturated heterocycles. The van der Waals surface area contributed by atoms with Crippen LogP contribution in [0.5, 0.6) is 23.0 Å². The fourth-order valence-corrected chi connectivity index (χ4v) is 5.85. The molecule has 5 atom stereocenters. The third-order valence-corrected chi connectivity index (χ3v) is 9.05. The molecule has 58 heavy (non-hydrogen) atoms. The molecule has 5 amide bonds. The van der Waals surface area contributed by atoms with Crippen molar-refractivity contribution in [2.75, 3.05) is 0 Å². The highest BCUT2D eigenvalue weighted by atomic mass is 16.4. The lowest BCUT2D eigenvalue weighted by Crippen LogP contribution is -2.59. The van der Waals surface area contributed by atoms with Crippen LogP contribution in [0.15, 0.2) is 97.1 Å². The van der Waals surface area contributed by atoms with Crippen LogP contribution in [0.1, 0.15) is 35.1 Å². The molecule has 0 fully saturated rings. The predicted octanol–water partition coefficient (Wildman–Crippen LogP) is 0.396. The number of rotatable bonds is 20. The lowest BCUT2D eigenvalue weighted by atomic mass is 10.0. The first-order chi connectivity index (χ1) is 27.6. The Balaban J connectivity index is 1.60. The van der Waals surface area contributed by atoms with Gasteiger partial charge in [0, 0.05) is 25.7 Å². The van der Waals surface area contributed by atoms with Crippen molar-refractivity contribution in [1.82, 2.24) is 21.3 Å². The Kier molecular flexibility index (Phi) is 15.5. The second-order valence-corrected chi connectivity index (χ2v) is 13.7. The molecule has 17 nitrogen and oxygen atoms in total. The van der Waals surface area contributed by atoms with Gasteiger partial charge in [-0.15, -0.1) is 0 Å². The van der Waals surface area contributed by atoms with Crippen molar-refractivity contribution in [3.63, 3.8) is 0 Å². The Morgan fingerprint density at radius 1 is 0.448 bits per heavy atom. The normalized spacial score (nSPS) is 13.5. The van der Waals surface area contributed by atoms with E-state index in [2.05, 4.69) is 21.3 Å². The smallest absolute Gasteiger partial charge is 0.326 e. The minimum atomic E-state index is -1.46. The predicted molar refractivity (Wildman–Crippen MR) is 209 cm³/mol. The summed E-state index contributed by atoms with van der Waals surface area (Å²) in [6.45, 7) is 0. The first-order valence-corrected chi connectivity index (χ1v) is 18.2. The Bertz CT molecular complexity index is 2040. The minimum absolute atomic E-state index is 0.0122. The van der Waals surface area contributed by atoms with Gasteiger partial charge in [0.25, 0.3) is 0 Å². The first kappa shape index (κ1) is 43.6. The zero-order valence-electron chi connectivity index (χ0n) is 31.2. The second-order valence-electron chi connectivity index (χ2n) is 13.7. The van der Waals surface area contributed by atoms with Crippen LogP contribution >= 0.6 is 0 Å². The molecule has 0 aliphatic heterocycles. The van der Waals surface area contributed by atoms with E-state index in [0.29, 0.717) is 22.3 Å². The number of hydrogen-bond donors (Lipinski definition) is 11. The number of primary amides is 1. The second kappa shape index (κ2) is 20.7. The fraction of sp³-hybridized carbons (Fsp3) is 0.268. The maximum absolute atomic E-state index is 14.2. The topological polar surface area (TPSA) is 304 Å². The Morgan fingerprint density at radius 2 is 0.741 bits per heavy atom. The largest absolute Gasteiger partial charge is 0.508 e. The molecule has 0 saturated carbocycles. The average Bonchev–Trinajstić information content (AvgIpc) is 3.18. The molecule has 0 radical (unpaired) electrons. The molecular formula is C41H46N6O11. The lowest BCUT2D eigenvalue weighted by molar-refractivity contribution is -0.142. The molecule has 0 heterocycles. The zero-order valence-corrected chi connectivity index (χ0v) is 31.2. The van der Waals surface area contributed by atoms with E-state index in [0.717, 1.165) is 0 Å². The molecule has 13 N–H and O–H groups in total. The van der Waals surface area contributed by atoms with E-state index in [1.54, 1.807) is 12.1 Å². The molecule has 17 heteroatoms. The van der Waals surface area contributed by atoms with Crippen LogP contribution in [0, 0.1) is 0 Å². The van der Waals surface area contributed by atoms with Crippen molar-refractivity contribution >= 4 is 35.5 Å². The van der Waals surface area contributed by atoms with Gasteiger partial charge in [-0.05, 0) is 83.6 Å². The summed E-state index contributed by atoms with van der Waals surface area (Å²) in [5.74, 6) is -5.76. The van der Waals surface area contributed by atoms with Gasteiger partial charge in [0.05, 0.1) is 6.04 Å². The first-order valence-electron chi connectivity index (χ1n) is 18.2.